The molecule has 0 radical (unpaired) electrons. The number of rotatable bonds is 5. The van der Waals surface area contributed by atoms with E-state index in [1.54, 1.807) is 0 Å². The molecule has 0 bridgehead atoms. The molecule has 1 heterocycles. The second-order valence-corrected chi connectivity index (χ2v) is 5.21. The smallest absolute Gasteiger partial charge is 0.0278 e. The Morgan fingerprint density at radius 1 is 1.31 bits per heavy atom. The van der Waals surface area contributed by atoms with E-state index in [-0.39, 0.29) is 0 Å². The minimum absolute atomic E-state index is 0.719. The molecule has 1 saturated heterocycles. The number of allylic oxidation sites excluding steroid dienone is 1. The van der Waals surface area contributed by atoms with E-state index in [4.69, 9.17) is 0 Å². The van der Waals surface area contributed by atoms with Crippen LogP contribution < -0.4 is 5.32 Å². The van der Waals surface area contributed by atoms with Gasteiger partial charge in [-0.1, -0.05) is 19.1 Å². The van der Waals surface area contributed by atoms with Crippen molar-refractivity contribution in [2.24, 2.45) is 0 Å². The fourth-order valence-electron chi connectivity index (χ4n) is 2.97. The van der Waals surface area contributed by atoms with Crippen LogP contribution in [0.1, 0.15) is 45.4 Å². The third-order valence-electron chi connectivity index (χ3n) is 3.83. The van der Waals surface area contributed by atoms with E-state index in [9.17, 15) is 0 Å². The highest BCUT2D eigenvalue weighted by molar-refractivity contribution is 4.99. The zero-order valence-corrected chi connectivity index (χ0v) is 10.6. The Labute approximate surface area is 100 Å². The van der Waals surface area contributed by atoms with Crippen LogP contribution in [0, 0.1) is 0 Å². The zero-order chi connectivity index (χ0) is 11.2. The van der Waals surface area contributed by atoms with Gasteiger partial charge in [0, 0.05) is 18.6 Å². The van der Waals surface area contributed by atoms with Crippen LogP contribution in [0.15, 0.2) is 12.2 Å². The van der Waals surface area contributed by atoms with Gasteiger partial charge in [-0.2, -0.15) is 0 Å². The summed E-state index contributed by atoms with van der Waals surface area (Å²) in [6, 6.07) is 1.47. The van der Waals surface area contributed by atoms with Crippen LogP contribution in [-0.4, -0.2) is 36.6 Å². The molecule has 0 saturated carbocycles. The molecule has 0 aromatic rings. The minimum atomic E-state index is 0.719. The van der Waals surface area contributed by atoms with Crippen LogP contribution in [0.3, 0.4) is 0 Å². The number of hydrogen-bond donors (Lipinski definition) is 1. The van der Waals surface area contributed by atoms with E-state index < -0.39 is 0 Å². The standard InChI is InChI=1S/C14H26N2/c1-2-11-16(12-13-7-6-10-15-13)14-8-4-3-5-9-14/h4,8,13-15H,2-3,5-7,9-12H2,1H3. The molecule has 0 aromatic carbocycles. The van der Waals surface area contributed by atoms with Gasteiger partial charge in [-0.05, 0) is 51.6 Å². The number of nitrogens with zero attached hydrogens (tertiary/aromatic N) is 1. The highest BCUT2D eigenvalue weighted by atomic mass is 15.2. The first-order valence-corrected chi connectivity index (χ1v) is 7.04. The number of hydrogen-bond acceptors (Lipinski definition) is 2. The van der Waals surface area contributed by atoms with Crippen LogP contribution in [0.2, 0.25) is 0 Å². The molecule has 1 aliphatic heterocycles. The third kappa shape index (κ3) is 3.33. The Bertz CT molecular complexity index is 219. The van der Waals surface area contributed by atoms with Crippen molar-refractivity contribution in [3.05, 3.63) is 12.2 Å². The van der Waals surface area contributed by atoms with Crippen molar-refractivity contribution in [1.29, 1.82) is 0 Å². The van der Waals surface area contributed by atoms with Crippen LogP contribution in [0.4, 0.5) is 0 Å². The van der Waals surface area contributed by atoms with E-state index in [0.29, 0.717) is 0 Å². The quantitative estimate of drug-likeness (QED) is 0.719. The predicted octanol–water partition coefficient (Wildman–Crippen LogP) is 2.56. The van der Waals surface area contributed by atoms with E-state index in [0.717, 1.165) is 12.1 Å². The van der Waals surface area contributed by atoms with Crippen molar-refractivity contribution < 1.29 is 0 Å². The molecular weight excluding hydrogens is 196 g/mol. The Morgan fingerprint density at radius 3 is 2.88 bits per heavy atom. The van der Waals surface area contributed by atoms with Crippen molar-refractivity contribution >= 4 is 0 Å². The molecule has 2 unspecified atom stereocenters. The van der Waals surface area contributed by atoms with Gasteiger partial charge in [-0.3, -0.25) is 4.90 Å². The van der Waals surface area contributed by atoms with Crippen molar-refractivity contribution in [2.45, 2.75) is 57.5 Å². The lowest BCUT2D eigenvalue weighted by molar-refractivity contribution is 0.196. The molecule has 1 aliphatic carbocycles. The summed E-state index contributed by atoms with van der Waals surface area (Å²) in [6.45, 7) is 6.03. The first-order valence-electron chi connectivity index (χ1n) is 7.04. The normalized spacial score (nSPS) is 30.1. The molecule has 1 fully saturated rings. The average molecular weight is 222 g/mol. The van der Waals surface area contributed by atoms with E-state index in [1.807, 2.05) is 0 Å². The van der Waals surface area contributed by atoms with E-state index >= 15 is 0 Å². The summed E-state index contributed by atoms with van der Waals surface area (Å²) in [5.41, 5.74) is 0. The molecule has 1 N–H and O–H groups in total. The molecule has 2 nitrogen and oxygen atoms in total. The maximum absolute atomic E-state index is 3.62. The SMILES string of the molecule is CCCN(CC1CCCN1)C1C=CCCC1. The zero-order valence-electron chi connectivity index (χ0n) is 10.6. The molecule has 2 atom stereocenters. The first-order chi connectivity index (χ1) is 7.90. The molecule has 0 spiro atoms. The van der Waals surface area contributed by atoms with Gasteiger partial charge in [0.1, 0.15) is 0 Å². The second kappa shape index (κ2) is 6.41. The van der Waals surface area contributed by atoms with Gasteiger partial charge >= 0.3 is 0 Å². The fourth-order valence-corrected chi connectivity index (χ4v) is 2.97. The molecule has 2 heteroatoms. The van der Waals surface area contributed by atoms with Crippen LogP contribution in [-0.2, 0) is 0 Å². The summed E-state index contributed by atoms with van der Waals surface area (Å²) < 4.78 is 0. The van der Waals surface area contributed by atoms with E-state index in [2.05, 4.69) is 29.3 Å². The molecule has 0 amide bonds. The van der Waals surface area contributed by atoms with Crippen molar-refractivity contribution in [1.82, 2.24) is 10.2 Å². The van der Waals surface area contributed by atoms with Gasteiger partial charge < -0.3 is 5.32 Å². The van der Waals surface area contributed by atoms with Gasteiger partial charge in [0.15, 0.2) is 0 Å². The summed E-state index contributed by atoms with van der Waals surface area (Å²) in [7, 11) is 0. The maximum Gasteiger partial charge on any atom is 0.0278 e. The topological polar surface area (TPSA) is 15.3 Å². The molecule has 92 valence electrons. The van der Waals surface area contributed by atoms with Gasteiger partial charge in [0.05, 0.1) is 0 Å². The Morgan fingerprint density at radius 2 is 2.25 bits per heavy atom. The van der Waals surface area contributed by atoms with Crippen LogP contribution in [0.25, 0.3) is 0 Å². The monoisotopic (exact) mass is 222 g/mol. The van der Waals surface area contributed by atoms with Crippen molar-refractivity contribution in [3.63, 3.8) is 0 Å². The average Bonchev–Trinajstić information content (AvgIpc) is 2.83. The highest BCUT2D eigenvalue weighted by Crippen LogP contribution is 2.18. The lowest BCUT2D eigenvalue weighted by Gasteiger charge is -2.33. The highest BCUT2D eigenvalue weighted by Gasteiger charge is 2.22. The minimum Gasteiger partial charge on any atom is -0.313 e. The summed E-state index contributed by atoms with van der Waals surface area (Å²) in [4.78, 5) is 2.69. The molecular formula is C14H26N2. The Balaban J connectivity index is 1.87. The predicted molar refractivity (Wildman–Crippen MR) is 69.7 cm³/mol. The fraction of sp³-hybridized carbons (Fsp3) is 0.857. The summed E-state index contributed by atoms with van der Waals surface area (Å²) in [6.07, 6.45) is 12.9. The molecule has 16 heavy (non-hydrogen) atoms. The lowest BCUT2D eigenvalue weighted by atomic mass is 10.0. The summed E-state index contributed by atoms with van der Waals surface area (Å²) in [5, 5.41) is 3.62. The first kappa shape index (κ1) is 12.1. The Kier molecular flexibility index (Phi) is 4.86. The molecule has 2 aliphatic rings. The second-order valence-electron chi connectivity index (χ2n) is 5.21. The number of nitrogens with one attached hydrogen (secondary N) is 1. The van der Waals surface area contributed by atoms with Crippen molar-refractivity contribution in [3.8, 4) is 0 Å². The van der Waals surface area contributed by atoms with Gasteiger partial charge in [-0.25, -0.2) is 0 Å². The summed E-state index contributed by atoms with van der Waals surface area (Å²) >= 11 is 0. The largest absolute Gasteiger partial charge is 0.313 e. The van der Waals surface area contributed by atoms with Crippen LogP contribution >= 0.6 is 0 Å². The van der Waals surface area contributed by atoms with Crippen molar-refractivity contribution in [2.75, 3.05) is 19.6 Å². The molecule has 2 rings (SSSR count). The van der Waals surface area contributed by atoms with Gasteiger partial charge in [-0.15, -0.1) is 0 Å². The third-order valence-corrected chi connectivity index (χ3v) is 3.83. The Hall–Kier alpha value is -0.340. The van der Waals surface area contributed by atoms with Crippen LogP contribution in [0.5, 0.6) is 0 Å². The molecule has 0 aromatic heterocycles. The van der Waals surface area contributed by atoms with Gasteiger partial charge in [0.25, 0.3) is 0 Å². The van der Waals surface area contributed by atoms with E-state index in [1.165, 1.54) is 58.2 Å². The summed E-state index contributed by atoms with van der Waals surface area (Å²) in [5.74, 6) is 0. The lowest BCUT2D eigenvalue weighted by Crippen LogP contribution is -2.43. The van der Waals surface area contributed by atoms with Gasteiger partial charge in [0.2, 0.25) is 0 Å². The maximum atomic E-state index is 3.62.